The molecule has 0 heterocycles. The lowest BCUT2D eigenvalue weighted by Crippen LogP contribution is -2.25. The summed E-state index contributed by atoms with van der Waals surface area (Å²) in [6.45, 7) is 15.6. The van der Waals surface area contributed by atoms with Gasteiger partial charge in [-0.1, -0.05) is 38.7 Å². The molecule has 0 saturated carbocycles. The van der Waals surface area contributed by atoms with Gasteiger partial charge in [-0.25, -0.2) is 0 Å². The molecule has 0 bridgehead atoms. The molecule has 0 aromatic carbocycles. The maximum atomic E-state index is 3.95. The van der Waals surface area contributed by atoms with Gasteiger partial charge in [-0.3, -0.25) is 0 Å². The van der Waals surface area contributed by atoms with Gasteiger partial charge in [-0.2, -0.15) is 0 Å². The van der Waals surface area contributed by atoms with Crippen LogP contribution in [0.3, 0.4) is 0 Å². The molecule has 0 aromatic rings. The second-order valence-corrected chi connectivity index (χ2v) is 3.20. The Bertz CT molecular complexity index is 205. The van der Waals surface area contributed by atoms with Gasteiger partial charge in [0.15, 0.2) is 0 Å². The molecule has 88 valence electrons. The van der Waals surface area contributed by atoms with Crippen LogP contribution in [-0.2, 0) is 0 Å². The summed E-state index contributed by atoms with van der Waals surface area (Å²) in [5.41, 5.74) is 2.06. The van der Waals surface area contributed by atoms with E-state index in [1.54, 1.807) is 0 Å². The lowest BCUT2D eigenvalue weighted by molar-refractivity contribution is 0.429. The van der Waals surface area contributed by atoms with Crippen LogP contribution in [0.1, 0.15) is 20.8 Å². The van der Waals surface area contributed by atoms with Crippen LogP contribution in [0.5, 0.6) is 0 Å². The minimum Gasteiger partial charge on any atom is -0.374 e. The molecule has 0 spiro atoms. The minimum atomic E-state index is 0.968. The molecule has 2 nitrogen and oxygen atoms in total. The van der Waals surface area contributed by atoms with Crippen molar-refractivity contribution in [2.45, 2.75) is 20.8 Å². The van der Waals surface area contributed by atoms with Crippen molar-refractivity contribution in [2.75, 3.05) is 27.2 Å². The van der Waals surface area contributed by atoms with Crippen molar-refractivity contribution >= 4 is 0 Å². The number of likely N-dealkylation sites (N-methyl/N-ethyl adjacent to an activating group) is 2. The van der Waals surface area contributed by atoms with Gasteiger partial charge in [0.1, 0.15) is 0 Å². The molecule has 0 amide bonds. The average molecular weight is 210 g/mol. The molecule has 0 aliphatic carbocycles. The monoisotopic (exact) mass is 210 g/mol. The third-order valence-electron chi connectivity index (χ3n) is 1.75. The maximum Gasteiger partial charge on any atom is 0.0299 e. The van der Waals surface area contributed by atoms with Gasteiger partial charge in [0.25, 0.3) is 0 Å². The van der Waals surface area contributed by atoms with Gasteiger partial charge in [-0.15, -0.1) is 0 Å². The first-order valence-electron chi connectivity index (χ1n) is 5.46. The van der Waals surface area contributed by atoms with Crippen LogP contribution in [0.4, 0.5) is 0 Å². The van der Waals surface area contributed by atoms with Crippen LogP contribution in [-0.4, -0.2) is 32.1 Å². The van der Waals surface area contributed by atoms with Crippen molar-refractivity contribution in [3.05, 3.63) is 36.6 Å². The first-order chi connectivity index (χ1) is 7.07. The maximum absolute atomic E-state index is 3.95. The Morgan fingerprint density at radius 1 is 1.27 bits per heavy atom. The van der Waals surface area contributed by atoms with E-state index in [1.807, 2.05) is 47.0 Å². The topological polar surface area (TPSA) is 15.3 Å². The van der Waals surface area contributed by atoms with Gasteiger partial charge in [-0.05, 0) is 20.0 Å². The molecule has 0 saturated heterocycles. The first kappa shape index (κ1) is 16.4. The highest BCUT2D eigenvalue weighted by molar-refractivity contribution is 5.21. The Labute approximate surface area is 95.4 Å². The smallest absolute Gasteiger partial charge is 0.0299 e. The normalized spacial score (nSPS) is 9.40. The van der Waals surface area contributed by atoms with E-state index in [0.29, 0.717) is 0 Å². The van der Waals surface area contributed by atoms with Crippen LogP contribution < -0.4 is 5.32 Å². The number of allylic oxidation sites excluding steroid dienone is 3. The highest BCUT2D eigenvalue weighted by Crippen LogP contribution is 2.01. The summed E-state index contributed by atoms with van der Waals surface area (Å²) in [6.07, 6.45) is 3.95. The number of hydrogen-bond acceptors (Lipinski definition) is 2. The Hall–Kier alpha value is -1.02. The van der Waals surface area contributed by atoms with E-state index in [9.17, 15) is 0 Å². The molecule has 0 aliphatic rings. The summed E-state index contributed by atoms with van der Waals surface area (Å²) in [5, 5.41) is 3.09. The summed E-state index contributed by atoms with van der Waals surface area (Å²) in [4.78, 5) is 2.11. The van der Waals surface area contributed by atoms with Gasteiger partial charge in [0, 0.05) is 25.8 Å². The SMILES string of the molecule is C=C(C)/C=C\C(=C)N(C)CCNC.CC. The van der Waals surface area contributed by atoms with Crippen LogP contribution in [0, 0.1) is 0 Å². The number of nitrogens with zero attached hydrogens (tertiary/aromatic N) is 1. The van der Waals surface area contributed by atoms with Crippen molar-refractivity contribution in [2.24, 2.45) is 0 Å². The van der Waals surface area contributed by atoms with Gasteiger partial charge < -0.3 is 10.2 Å². The van der Waals surface area contributed by atoms with E-state index in [0.717, 1.165) is 24.4 Å². The third-order valence-corrected chi connectivity index (χ3v) is 1.75. The molecule has 0 rings (SSSR count). The summed E-state index contributed by atoms with van der Waals surface area (Å²) in [7, 11) is 3.97. The quantitative estimate of drug-likeness (QED) is 0.678. The predicted molar refractivity (Wildman–Crippen MR) is 71.0 cm³/mol. The third kappa shape index (κ3) is 10.9. The predicted octanol–water partition coefficient (Wildman–Crippen LogP) is 2.81. The molecule has 0 fully saturated rings. The molecule has 0 aliphatic heterocycles. The fourth-order valence-corrected chi connectivity index (χ4v) is 0.789. The molecular weight excluding hydrogens is 184 g/mol. The molecule has 2 heteroatoms. The van der Waals surface area contributed by atoms with Crippen molar-refractivity contribution in [1.82, 2.24) is 10.2 Å². The zero-order chi connectivity index (χ0) is 12.3. The number of rotatable bonds is 6. The molecule has 1 N–H and O–H groups in total. The standard InChI is InChI=1S/C11H20N2.C2H6/c1-10(2)6-7-11(3)13(5)9-8-12-4;1-2/h6-7,12H,1,3,8-9H2,2,4-5H3;1-2H3/b7-6-;. The van der Waals surface area contributed by atoms with Crippen molar-refractivity contribution in [3.8, 4) is 0 Å². The second-order valence-electron chi connectivity index (χ2n) is 3.20. The Kier molecular flexibility index (Phi) is 12.1. The van der Waals surface area contributed by atoms with E-state index >= 15 is 0 Å². The summed E-state index contributed by atoms with van der Waals surface area (Å²) in [6, 6.07) is 0. The highest BCUT2D eigenvalue weighted by Gasteiger charge is 1.95. The first-order valence-corrected chi connectivity index (χ1v) is 5.46. The molecule has 0 radical (unpaired) electrons. The fraction of sp³-hybridized carbons (Fsp3) is 0.538. The Morgan fingerprint density at radius 3 is 2.20 bits per heavy atom. The molecular formula is C13H26N2. The highest BCUT2D eigenvalue weighted by atomic mass is 15.1. The van der Waals surface area contributed by atoms with Crippen LogP contribution in [0.25, 0.3) is 0 Å². The number of nitrogens with one attached hydrogen (secondary N) is 1. The van der Waals surface area contributed by atoms with Crippen molar-refractivity contribution < 1.29 is 0 Å². The summed E-state index contributed by atoms with van der Waals surface area (Å²) in [5.74, 6) is 0. The van der Waals surface area contributed by atoms with Crippen LogP contribution >= 0.6 is 0 Å². The lowest BCUT2D eigenvalue weighted by Gasteiger charge is -2.18. The minimum absolute atomic E-state index is 0.968. The van der Waals surface area contributed by atoms with Crippen molar-refractivity contribution in [1.29, 1.82) is 0 Å². The zero-order valence-corrected chi connectivity index (χ0v) is 10.9. The van der Waals surface area contributed by atoms with Gasteiger partial charge in [0.05, 0.1) is 0 Å². The molecule has 0 unspecified atom stereocenters. The second kappa shape index (κ2) is 11.1. The molecule has 0 aromatic heterocycles. The van der Waals surface area contributed by atoms with E-state index < -0.39 is 0 Å². The largest absolute Gasteiger partial charge is 0.374 e. The van der Waals surface area contributed by atoms with Crippen molar-refractivity contribution in [3.63, 3.8) is 0 Å². The van der Waals surface area contributed by atoms with E-state index in [2.05, 4.69) is 23.4 Å². The summed E-state index contributed by atoms with van der Waals surface area (Å²) >= 11 is 0. The average Bonchev–Trinajstić information content (AvgIpc) is 2.25. The molecule has 0 atom stereocenters. The lowest BCUT2D eigenvalue weighted by atomic mass is 10.3. The Balaban J connectivity index is 0. The van der Waals surface area contributed by atoms with Gasteiger partial charge >= 0.3 is 0 Å². The number of hydrogen-bond donors (Lipinski definition) is 1. The Morgan fingerprint density at radius 2 is 1.80 bits per heavy atom. The van der Waals surface area contributed by atoms with Gasteiger partial charge in [0.2, 0.25) is 0 Å². The van der Waals surface area contributed by atoms with E-state index in [4.69, 9.17) is 0 Å². The van der Waals surface area contributed by atoms with Crippen LogP contribution in [0.15, 0.2) is 36.6 Å². The van der Waals surface area contributed by atoms with E-state index in [-0.39, 0.29) is 0 Å². The summed E-state index contributed by atoms with van der Waals surface area (Å²) < 4.78 is 0. The fourth-order valence-electron chi connectivity index (χ4n) is 0.789. The zero-order valence-electron chi connectivity index (χ0n) is 10.9. The van der Waals surface area contributed by atoms with E-state index in [1.165, 1.54) is 0 Å². The molecule has 15 heavy (non-hydrogen) atoms. The van der Waals surface area contributed by atoms with Crippen LogP contribution in [0.2, 0.25) is 0 Å².